The van der Waals surface area contributed by atoms with Crippen molar-refractivity contribution < 1.29 is 9.13 Å². The second-order valence-electron chi connectivity index (χ2n) is 6.52. The first-order chi connectivity index (χ1) is 12.2. The van der Waals surface area contributed by atoms with Crippen molar-refractivity contribution in [3.63, 3.8) is 0 Å². The molecule has 1 aromatic heterocycles. The van der Waals surface area contributed by atoms with Crippen LogP contribution in [-0.4, -0.2) is 22.7 Å². The summed E-state index contributed by atoms with van der Waals surface area (Å²) in [5.41, 5.74) is 2.15. The van der Waals surface area contributed by atoms with Crippen LogP contribution in [0.4, 0.5) is 4.39 Å². The van der Waals surface area contributed by atoms with Crippen LogP contribution >= 0.6 is 0 Å². The average molecular weight is 344 g/mol. The summed E-state index contributed by atoms with van der Waals surface area (Å²) in [5.74, 6) is 1.46. The van der Waals surface area contributed by atoms with E-state index in [0.29, 0.717) is 13.0 Å². The van der Waals surface area contributed by atoms with E-state index in [1.54, 1.807) is 6.92 Å². The minimum Gasteiger partial charge on any atom is -0.493 e. The Bertz CT molecular complexity index is 596. The van der Waals surface area contributed by atoms with Crippen LogP contribution in [0, 0.1) is 0 Å². The van der Waals surface area contributed by atoms with E-state index in [4.69, 9.17) is 4.74 Å². The Morgan fingerprint density at radius 3 is 2.32 bits per heavy atom. The molecule has 2 rings (SSSR count). The molecule has 25 heavy (non-hydrogen) atoms. The van der Waals surface area contributed by atoms with Gasteiger partial charge in [-0.25, -0.2) is 14.4 Å². The Hall–Kier alpha value is -1.97. The number of ether oxygens (including phenoxy) is 1. The number of halogens is 1. The lowest BCUT2D eigenvalue weighted by molar-refractivity contribution is 0.247. The normalized spacial score (nSPS) is 12.1. The number of aromatic nitrogens is 2. The van der Waals surface area contributed by atoms with Crippen molar-refractivity contribution in [3.8, 4) is 17.1 Å². The van der Waals surface area contributed by atoms with E-state index >= 15 is 0 Å². The number of rotatable bonds is 11. The maximum absolute atomic E-state index is 12.8. The fourth-order valence-electron chi connectivity index (χ4n) is 2.61. The predicted molar refractivity (Wildman–Crippen MR) is 101 cm³/mol. The molecule has 0 fully saturated rings. The van der Waals surface area contributed by atoms with Crippen LogP contribution in [0.1, 0.15) is 57.9 Å². The van der Waals surface area contributed by atoms with Crippen molar-refractivity contribution in [3.05, 3.63) is 42.2 Å². The third kappa shape index (κ3) is 7.20. The molecule has 1 heterocycles. The molecule has 136 valence electrons. The van der Waals surface area contributed by atoms with E-state index in [9.17, 15) is 4.39 Å². The Labute approximate surface area is 150 Å². The van der Waals surface area contributed by atoms with Gasteiger partial charge in [-0.2, -0.15) is 0 Å². The number of alkyl halides is 1. The molecule has 0 amide bonds. The maximum atomic E-state index is 12.8. The molecule has 0 aliphatic rings. The Kier molecular flexibility index (Phi) is 8.36. The molecule has 0 aliphatic carbocycles. The van der Waals surface area contributed by atoms with Gasteiger partial charge in [-0.1, -0.05) is 32.6 Å². The SMILES string of the molecule is CCCCCCCc1cnc(-c2ccc(OCCC(C)F)cc2)nc1. The monoisotopic (exact) mass is 344 g/mol. The zero-order chi connectivity index (χ0) is 17.9. The quantitative estimate of drug-likeness (QED) is 0.484. The lowest BCUT2D eigenvalue weighted by atomic mass is 10.1. The summed E-state index contributed by atoms with van der Waals surface area (Å²) in [4.78, 5) is 8.96. The van der Waals surface area contributed by atoms with Gasteiger partial charge in [-0.3, -0.25) is 0 Å². The van der Waals surface area contributed by atoms with Crippen molar-refractivity contribution in [2.24, 2.45) is 0 Å². The molecule has 4 heteroatoms. The summed E-state index contributed by atoms with van der Waals surface area (Å²) in [5, 5.41) is 0. The van der Waals surface area contributed by atoms with Gasteiger partial charge >= 0.3 is 0 Å². The maximum Gasteiger partial charge on any atom is 0.159 e. The number of hydrogen-bond acceptors (Lipinski definition) is 3. The van der Waals surface area contributed by atoms with Crippen molar-refractivity contribution in [1.82, 2.24) is 9.97 Å². The zero-order valence-electron chi connectivity index (χ0n) is 15.4. The standard InChI is InChI=1S/C21H29FN2O/c1-3-4-5-6-7-8-18-15-23-21(24-16-18)19-9-11-20(12-10-19)25-14-13-17(2)22/h9-12,15-17H,3-8,13-14H2,1-2H3. The molecule has 0 aliphatic heterocycles. The topological polar surface area (TPSA) is 35.0 Å². The highest BCUT2D eigenvalue weighted by Crippen LogP contribution is 2.20. The van der Waals surface area contributed by atoms with Crippen molar-refractivity contribution >= 4 is 0 Å². The molecule has 1 aromatic carbocycles. The molecule has 1 unspecified atom stereocenters. The van der Waals surface area contributed by atoms with Gasteiger partial charge in [0.05, 0.1) is 6.61 Å². The van der Waals surface area contributed by atoms with Crippen LogP contribution in [0.25, 0.3) is 11.4 Å². The highest BCUT2D eigenvalue weighted by atomic mass is 19.1. The van der Waals surface area contributed by atoms with Gasteiger partial charge < -0.3 is 4.74 Å². The summed E-state index contributed by atoms with van der Waals surface area (Å²) in [6.45, 7) is 4.16. The highest BCUT2D eigenvalue weighted by Gasteiger charge is 2.04. The third-order valence-corrected chi connectivity index (χ3v) is 4.17. The molecule has 0 radical (unpaired) electrons. The van der Waals surface area contributed by atoms with E-state index < -0.39 is 6.17 Å². The first-order valence-corrected chi connectivity index (χ1v) is 9.37. The first kappa shape index (κ1) is 19.4. The molecular weight excluding hydrogens is 315 g/mol. The van der Waals surface area contributed by atoms with E-state index in [1.165, 1.54) is 37.7 Å². The van der Waals surface area contributed by atoms with Crippen molar-refractivity contribution in [2.75, 3.05) is 6.61 Å². The second-order valence-corrected chi connectivity index (χ2v) is 6.52. The van der Waals surface area contributed by atoms with Crippen LogP contribution in [0.3, 0.4) is 0 Å². The van der Waals surface area contributed by atoms with Crippen molar-refractivity contribution in [2.45, 2.75) is 65.0 Å². The zero-order valence-corrected chi connectivity index (χ0v) is 15.4. The molecule has 0 saturated heterocycles. The second kappa shape index (κ2) is 10.8. The summed E-state index contributed by atoms with van der Waals surface area (Å²) < 4.78 is 18.3. The van der Waals surface area contributed by atoms with Gasteiger partial charge in [0.25, 0.3) is 0 Å². The molecular formula is C21H29FN2O. The van der Waals surface area contributed by atoms with E-state index in [2.05, 4.69) is 16.9 Å². The largest absolute Gasteiger partial charge is 0.493 e. The number of unbranched alkanes of at least 4 members (excludes halogenated alkanes) is 4. The summed E-state index contributed by atoms with van der Waals surface area (Å²) >= 11 is 0. The van der Waals surface area contributed by atoms with Gasteiger partial charge in [0.15, 0.2) is 5.82 Å². The number of hydrogen-bond donors (Lipinski definition) is 0. The number of nitrogens with zero attached hydrogens (tertiary/aromatic N) is 2. The van der Waals surface area contributed by atoms with E-state index in [-0.39, 0.29) is 0 Å². The number of aryl methyl sites for hydroxylation is 1. The first-order valence-electron chi connectivity index (χ1n) is 9.37. The smallest absolute Gasteiger partial charge is 0.159 e. The summed E-state index contributed by atoms with van der Waals surface area (Å²) in [7, 11) is 0. The third-order valence-electron chi connectivity index (χ3n) is 4.17. The minimum absolute atomic E-state index is 0.389. The summed E-state index contributed by atoms with van der Waals surface area (Å²) in [6, 6.07) is 7.63. The van der Waals surface area contributed by atoms with Gasteiger partial charge in [0.2, 0.25) is 0 Å². The van der Waals surface area contributed by atoms with Crippen LogP contribution < -0.4 is 4.74 Å². The van der Waals surface area contributed by atoms with Crippen molar-refractivity contribution in [1.29, 1.82) is 0 Å². The van der Waals surface area contributed by atoms with Gasteiger partial charge in [-0.15, -0.1) is 0 Å². The van der Waals surface area contributed by atoms with E-state index in [1.807, 2.05) is 36.7 Å². The lowest BCUT2D eigenvalue weighted by Crippen LogP contribution is -2.03. The molecule has 0 N–H and O–H groups in total. The minimum atomic E-state index is -0.835. The Morgan fingerprint density at radius 1 is 1.00 bits per heavy atom. The van der Waals surface area contributed by atoms with Crippen LogP contribution in [0.2, 0.25) is 0 Å². The summed E-state index contributed by atoms with van der Waals surface area (Å²) in [6.07, 6.45) is 10.9. The molecule has 0 spiro atoms. The average Bonchev–Trinajstić information content (AvgIpc) is 2.62. The van der Waals surface area contributed by atoms with Crippen LogP contribution in [0.5, 0.6) is 5.75 Å². The highest BCUT2D eigenvalue weighted by molar-refractivity contribution is 5.55. The van der Waals surface area contributed by atoms with Crippen LogP contribution in [0.15, 0.2) is 36.7 Å². The molecule has 1 atom stereocenters. The van der Waals surface area contributed by atoms with Crippen LogP contribution in [-0.2, 0) is 6.42 Å². The predicted octanol–water partition coefficient (Wildman–Crippen LogP) is 5.78. The lowest BCUT2D eigenvalue weighted by Gasteiger charge is -2.07. The molecule has 2 aromatic rings. The van der Waals surface area contributed by atoms with Gasteiger partial charge in [0.1, 0.15) is 11.9 Å². The fraction of sp³-hybridized carbons (Fsp3) is 0.524. The number of benzene rings is 1. The van der Waals surface area contributed by atoms with E-state index in [0.717, 1.165) is 23.6 Å². The van der Waals surface area contributed by atoms with Gasteiger partial charge in [-0.05, 0) is 49.6 Å². The molecule has 0 bridgehead atoms. The molecule has 0 saturated carbocycles. The Morgan fingerprint density at radius 2 is 1.68 bits per heavy atom. The Balaban J connectivity index is 1.82. The fourth-order valence-corrected chi connectivity index (χ4v) is 2.61. The van der Waals surface area contributed by atoms with Gasteiger partial charge in [0, 0.05) is 24.4 Å². The molecule has 3 nitrogen and oxygen atoms in total.